The number of hydrogen-bond donors (Lipinski definition) is 3. The first-order chi connectivity index (χ1) is 13.9. The molecule has 0 spiro atoms. The number of nitrogens with one attached hydrogen (secondary N) is 2. The van der Waals surface area contributed by atoms with Crippen molar-refractivity contribution in [3.05, 3.63) is 11.6 Å². The van der Waals surface area contributed by atoms with Gasteiger partial charge in [-0.1, -0.05) is 13.8 Å². The number of rotatable bonds is 12. The summed E-state index contributed by atoms with van der Waals surface area (Å²) in [6.45, 7) is 8.02. The Bertz CT molecular complexity index is 575. The second-order valence-corrected chi connectivity index (χ2v) is 7.30. The molecule has 2 amide bonds. The summed E-state index contributed by atoms with van der Waals surface area (Å²) in [5, 5.41) is 5.88. The number of esters is 1. The van der Waals surface area contributed by atoms with Gasteiger partial charge >= 0.3 is 5.97 Å². The van der Waals surface area contributed by atoms with Gasteiger partial charge in [-0.05, 0) is 45.2 Å². The molecule has 0 unspecified atom stereocenters. The minimum atomic E-state index is -0.536. The third-order valence-electron chi connectivity index (χ3n) is 4.96. The van der Waals surface area contributed by atoms with E-state index in [1.807, 2.05) is 13.8 Å². The van der Waals surface area contributed by atoms with Gasteiger partial charge < -0.3 is 25.8 Å². The van der Waals surface area contributed by atoms with E-state index in [1.165, 1.54) is 6.92 Å². The number of hydrogen-bond acceptors (Lipinski definition) is 6. The number of amides is 2. The average molecular weight is 412 g/mol. The average Bonchev–Trinajstić information content (AvgIpc) is 2.68. The van der Waals surface area contributed by atoms with Crippen LogP contribution in [0.15, 0.2) is 11.6 Å². The minimum absolute atomic E-state index is 0.0186. The highest BCUT2D eigenvalue weighted by atomic mass is 16.5. The monoisotopic (exact) mass is 411 g/mol. The van der Waals surface area contributed by atoms with Crippen LogP contribution >= 0.6 is 0 Å². The Balaban J connectivity index is 3.10. The molecule has 4 N–H and O–H groups in total. The Morgan fingerprint density at radius 2 is 1.86 bits per heavy atom. The predicted molar refractivity (Wildman–Crippen MR) is 111 cm³/mol. The Morgan fingerprint density at radius 1 is 1.17 bits per heavy atom. The van der Waals surface area contributed by atoms with Gasteiger partial charge in [0.25, 0.3) is 0 Å². The molecular formula is C21H37N3O5. The van der Waals surface area contributed by atoms with Crippen LogP contribution in [0.5, 0.6) is 0 Å². The third kappa shape index (κ3) is 8.53. The third-order valence-corrected chi connectivity index (χ3v) is 4.96. The van der Waals surface area contributed by atoms with Gasteiger partial charge in [-0.15, -0.1) is 0 Å². The summed E-state index contributed by atoms with van der Waals surface area (Å²) in [5.41, 5.74) is 5.95. The van der Waals surface area contributed by atoms with Crippen LogP contribution in [0.25, 0.3) is 0 Å². The van der Waals surface area contributed by atoms with Gasteiger partial charge in [-0.2, -0.15) is 0 Å². The van der Waals surface area contributed by atoms with Gasteiger partial charge in [0, 0.05) is 25.3 Å². The SMILES string of the molecule is CCOC(=O)C1=C[C@@H](OC(CC)CC)[C@H](NC(C)=O)[C@@H](NC(=O)CCCCN)C1. The summed E-state index contributed by atoms with van der Waals surface area (Å²) >= 11 is 0. The van der Waals surface area contributed by atoms with Crippen LogP contribution in [0.4, 0.5) is 0 Å². The molecule has 0 heterocycles. The van der Waals surface area contributed by atoms with Gasteiger partial charge in [0.05, 0.1) is 30.9 Å². The van der Waals surface area contributed by atoms with Crippen LogP contribution in [0.3, 0.4) is 0 Å². The van der Waals surface area contributed by atoms with Crippen molar-refractivity contribution in [3.63, 3.8) is 0 Å². The Hall–Kier alpha value is -1.93. The van der Waals surface area contributed by atoms with Crippen molar-refractivity contribution >= 4 is 17.8 Å². The van der Waals surface area contributed by atoms with Gasteiger partial charge in [0.1, 0.15) is 0 Å². The molecule has 0 saturated carbocycles. The first-order valence-electron chi connectivity index (χ1n) is 10.7. The zero-order valence-electron chi connectivity index (χ0n) is 18.2. The molecule has 1 aliphatic rings. The molecule has 0 aromatic carbocycles. The normalized spacial score (nSPS) is 21.4. The highest BCUT2D eigenvalue weighted by Crippen LogP contribution is 2.25. The first-order valence-corrected chi connectivity index (χ1v) is 10.7. The largest absolute Gasteiger partial charge is 0.463 e. The van der Waals surface area contributed by atoms with Crippen molar-refractivity contribution in [2.45, 2.75) is 90.5 Å². The maximum atomic E-state index is 12.4. The number of carbonyl (C=O) groups excluding carboxylic acids is 3. The lowest BCUT2D eigenvalue weighted by molar-refractivity contribution is -0.139. The highest BCUT2D eigenvalue weighted by Gasteiger charge is 2.38. The maximum Gasteiger partial charge on any atom is 0.333 e. The van der Waals surface area contributed by atoms with Crippen LogP contribution in [-0.2, 0) is 23.9 Å². The molecule has 0 aliphatic heterocycles. The molecule has 0 aromatic rings. The first kappa shape index (κ1) is 25.1. The number of ether oxygens (including phenoxy) is 2. The van der Waals surface area contributed by atoms with E-state index in [0.717, 1.165) is 19.3 Å². The van der Waals surface area contributed by atoms with Crippen LogP contribution in [0, 0.1) is 0 Å². The fourth-order valence-electron chi connectivity index (χ4n) is 3.43. The number of carbonyl (C=O) groups is 3. The Labute approximate surface area is 173 Å². The summed E-state index contributed by atoms with van der Waals surface area (Å²) in [7, 11) is 0. The molecular weight excluding hydrogens is 374 g/mol. The van der Waals surface area contributed by atoms with E-state index < -0.39 is 24.2 Å². The summed E-state index contributed by atoms with van der Waals surface area (Å²) in [6.07, 6.45) is 4.86. The topological polar surface area (TPSA) is 120 Å². The van der Waals surface area contributed by atoms with Gasteiger partial charge in [-0.3, -0.25) is 9.59 Å². The van der Waals surface area contributed by atoms with Crippen LogP contribution in [-0.4, -0.2) is 55.2 Å². The van der Waals surface area contributed by atoms with Gasteiger partial charge in [0.2, 0.25) is 11.8 Å². The molecule has 1 rings (SSSR count). The molecule has 0 aromatic heterocycles. The quantitative estimate of drug-likeness (QED) is 0.331. The zero-order valence-corrected chi connectivity index (χ0v) is 18.2. The van der Waals surface area contributed by atoms with Crippen LogP contribution < -0.4 is 16.4 Å². The second kappa shape index (κ2) is 13.3. The van der Waals surface area contributed by atoms with E-state index in [-0.39, 0.29) is 30.9 Å². The molecule has 0 bridgehead atoms. The fraction of sp³-hybridized carbons (Fsp3) is 0.762. The molecule has 0 fully saturated rings. The summed E-state index contributed by atoms with van der Waals surface area (Å²) in [5.74, 6) is -0.775. The van der Waals surface area contributed by atoms with Crippen molar-refractivity contribution in [2.75, 3.05) is 13.2 Å². The lowest BCUT2D eigenvalue weighted by Gasteiger charge is -2.38. The van der Waals surface area contributed by atoms with Crippen molar-refractivity contribution in [1.29, 1.82) is 0 Å². The summed E-state index contributed by atoms with van der Waals surface area (Å²) < 4.78 is 11.4. The van der Waals surface area contributed by atoms with Crippen molar-refractivity contribution in [3.8, 4) is 0 Å². The van der Waals surface area contributed by atoms with Gasteiger partial charge in [0.15, 0.2) is 0 Å². The molecule has 29 heavy (non-hydrogen) atoms. The van der Waals surface area contributed by atoms with E-state index in [2.05, 4.69) is 10.6 Å². The predicted octanol–water partition coefficient (Wildman–Crippen LogP) is 1.57. The van der Waals surface area contributed by atoms with E-state index in [4.69, 9.17) is 15.2 Å². The van der Waals surface area contributed by atoms with Crippen LogP contribution in [0.1, 0.15) is 66.2 Å². The molecule has 8 nitrogen and oxygen atoms in total. The van der Waals surface area contributed by atoms with Crippen LogP contribution in [0.2, 0.25) is 0 Å². The Kier molecular flexibility index (Phi) is 11.5. The Morgan fingerprint density at radius 3 is 2.41 bits per heavy atom. The van der Waals surface area contributed by atoms with Crippen molar-refractivity contribution < 1.29 is 23.9 Å². The second-order valence-electron chi connectivity index (χ2n) is 7.30. The molecule has 8 heteroatoms. The van der Waals surface area contributed by atoms with E-state index in [1.54, 1.807) is 13.0 Å². The summed E-state index contributed by atoms with van der Waals surface area (Å²) in [6, 6.07) is -0.933. The lowest BCUT2D eigenvalue weighted by Crippen LogP contribution is -2.59. The minimum Gasteiger partial charge on any atom is -0.463 e. The summed E-state index contributed by atoms with van der Waals surface area (Å²) in [4.78, 5) is 36.6. The smallest absolute Gasteiger partial charge is 0.333 e. The standard InChI is InChI=1S/C21H37N3O5/c1-5-16(6-2)29-18-13-15(21(27)28-7-3)12-17(20(18)23-14(4)25)24-19(26)10-8-9-11-22/h13,16-18,20H,5-12,22H2,1-4H3,(H,23,25)(H,24,26)/t17-,18+,20+/m0/s1. The van der Waals surface area contributed by atoms with Gasteiger partial charge in [-0.25, -0.2) is 4.79 Å². The molecule has 0 saturated heterocycles. The number of nitrogens with two attached hydrogens (primary N) is 1. The maximum absolute atomic E-state index is 12.4. The highest BCUT2D eigenvalue weighted by molar-refractivity contribution is 5.89. The molecule has 0 radical (unpaired) electrons. The fourth-order valence-corrected chi connectivity index (χ4v) is 3.43. The lowest BCUT2D eigenvalue weighted by atomic mass is 9.87. The molecule has 3 atom stereocenters. The van der Waals surface area contributed by atoms with E-state index >= 15 is 0 Å². The van der Waals surface area contributed by atoms with Crippen molar-refractivity contribution in [1.82, 2.24) is 10.6 Å². The molecule has 166 valence electrons. The number of unbranched alkanes of at least 4 members (excludes halogenated alkanes) is 1. The van der Waals surface area contributed by atoms with Crippen molar-refractivity contribution in [2.24, 2.45) is 5.73 Å². The molecule has 1 aliphatic carbocycles. The zero-order chi connectivity index (χ0) is 21.8. The van der Waals surface area contributed by atoms with E-state index in [0.29, 0.717) is 25.0 Å². The van der Waals surface area contributed by atoms with E-state index in [9.17, 15) is 14.4 Å².